The molecule has 1 N–H and O–H groups in total. The molecule has 2 saturated heterocycles. The van der Waals surface area contributed by atoms with E-state index >= 15 is 0 Å². The van der Waals surface area contributed by atoms with Gasteiger partial charge in [-0.1, -0.05) is 0 Å². The normalized spacial score (nSPS) is 20.0. The second-order valence-electron chi connectivity index (χ2n) is 10.5. The Bertz CT molecular complexity index is 1430. The van der Waals surface area contributed by atoms with Crippen molar-refractivity contribution in [3.8, 4) is 16.9 Å². The number of H-pyrrole nitrogens is 1. The summed E-state index contributed by atoms with van der Waals surface area (Å²) in [4.78, 5) is 21.8. The zero-order valence-corrected chi connectivity index (χ0v) is 21.5. The first-order chi connectivity index (χ1) is 17.8. The van der Waals surface area contributed by atoms with Gasteiger partial charge < -0.3 is 19.1 Å². The van der Waals surface area contributed by atoms with E-state index in [0.29, 0.717) is 32.9 Å². The smallest absolute Gasteiger partial charge is 0.411 e. The number of carbonyl (C=O) groups excluding carboxylic acids is 1. The molecule has 2 unspecified atom stereocenters. The lowest BCUT2D eigenvalue weighted by molar-refractivity contribution is -0.0666. The summed E-state index contributed by atoms with van der Waals surface area (Å²) in [6.07, 6.45) is 5.27. The molecule has 194 valence electrons. The van der Waals surface area contributed by atoms with E-state index in [1.807, 2.05) is 61.6 Å². The molecule has 2 aliphatic heterocycles. The fourth-order valence-electron chi connectivity index (χ4n) is 5.20. The number of nitrogens with zero attached hydrogens (tertiary/aromatic N) is 6. The van der Waals surface area contributed by atoms with Crippen molar-refractivity contribution < 1.29 is 19.0 Å². The summed E-state index contributed by atoms with van der Waals surface area (Å²) in [5.74, 6) is 1.60. The van der Waals surface area contributed by atoms with Crippen molar-refractivity contribution in [1.82, 2.24) is 29.7 Å². The zero-order valence-electron chi connectivity index (χ0n) is 21.5. The minimum atomic E-state index is -0.538. The molecule has 0 aromatic carbocycles. The van der Waals surface area contributed by atoms with E-state index in [1.54, 1.807) is 6.20 Å². The monoisotopic (exact) mass is 505 g/mol. The molecule has 2 fully saturated rings. The molecule has 2 bridgehead atoms. The lowest BCUT2D eigenvalue weighted by Crippen LogP contribution is -2.66. The molecule has 4 aromatic rings. The number of nitrogens with one attached hydrogen (secondary N) is 1. The van der Waals surface area contributed by atoms with Crippen molar-refractivity contribution >= 4 is 28.5 Å². The van der Waals surface area contributed by atoms with Gasteiger partial charge >= 0.3 is 6.09 Å². The van der Waals surface area contributed by atoms with Gasteiger partial charge in [0.1, 0.15) is 17.2 Å². The highest BCUT2D eigenvalue weighted by atomic mass is 16.6. The van der Waals surface area contributed by atoms with Crippen LogP contribution in [0.15, 0.2) is 36.8 Å². The molecular weight excluding hydrogens is 474 g/mol. The molecule has 0 radical (unpaired) electrons. The summed E-state index contributed by atoms with van der Waals surface area (Å²) in [6.45, 7) is 10.4. The third-order valence-electron chi connectivity index (χ3n) is 6.67. The number of hydrogen-bond acceptors (Lipinski definition) is 8. The Hall–Kier alpha value is -3.86. The maximum Gasteiger partial charge on any atom is 0.411 e. The van der Waals surface area contributed by atoms with E-state index in [-0.39, 0.29) is 18.2 Å². The predicted molar refractivity (Wildman–Crippen MR) is 138 cm³/mol. The van der Waals surface area contributed by atoms with Crippen LogP contribution in [-0.2, 0) is 9.47 Å². The Kier molecular flexibility index (Phi) is 5.67. The number of rotatable bonds is 4. The number of fused-ring (bicyclic) bond motifs is 5. The highest BCUT2D eigenvalue weighted by molar-refractivity contribution is 6.00. The van der Waals surface area contributed by atoms with E-state index in [9.17, 15) is 4.79 Å². The maximum atomic E-state index is 12.9. The van der Waals surface area contributed by atoms with E-state index in [0.717, 1.165) is 39.2 Å². The van der Waals surface area contributed by atoms with Crippen LogP contribution < -0.4 is 9.64 Å². The second kappa shape index (κ2) is 8.91. The first-order valence-corrected chi connectivity index (χ1v) is 12.6. The van der Waals surface area contributed by atoms with Gasteiger partial charge in [-0.15, -0.1) is 5.10 Å². The number of morpholine rings is 1. The third-order valence-corrected chi connectivity index (χ3v) is 6.67. The van der Waals surface area contributed by atoms with E-state index in [4.69, 9.17) is 19.2 Å². The molecule has 0 spiro atoms. The van der Waals surface area contributed by atoms with Gasteiger partial charge in [0.05, 0.1) is 55.2 Å². The molecule has 0 aliphatic carbocycles. The molecule has 1 amide bonds. The summed E-state index contributed by atoms with van der Waals surface area (Å²) in [5.41, 5.74) is 3.04. The van der Waals surface area contributed by atoms with Crippen molar-refractivity contribution in [3.05, 3.63) is 36.8 Å². The summed E-state index contributed by atoms with van der Waals surface area (Å²) >= 11 is 0. The molecule has 2 atom stereocenters. The lowest BCUT2D eigenvalue weighted by atomic mass is 10.0. The molecule has 11 nitrogen and oxygen atoms in total. The molecule has 6 heterocycles. The van der Waals surface area contributed by atoms with Crippen molar-refractivity contribution in [1.29, 1.82) is 0 Å². The van der Waals surface area contributed by atoms with Gasteiger partial charge in [-0.25, -0.2) is 14.3 Å². The predicted octanol–water partition coefficient (Wildman–Crippen LogP) is 3.50. The number of ether oxygens (including phenoxy) is 3. The molecule has 6 rings (SSSR count). The van der Waals surface area contributed by atoms with Crippen molar-refractivity contribution in [3.63, 3.8) is 0 Å². The second-order valence-corrected chi connectivity index (χ2v) is 10.5. The van der Waals surface area contributed by atoms with Gasteiger partial charge in [-0.2, -0.15) is 5.10 Å². The zero-order chi connectivity index (χ0) is 25.7. The van der Waals surface area contributed by atoms with Gasteiger partial charge in [0, 0.05) is 30.4 Å². The number of pyridine rings is 2. The van der Waals surface area contributed by atoms with Crippen molar-refractivity contribution in [2.75, 3.05) is 37.8 Å². The van der Waals surface area contributed by atoms with Gasteiger partial charge in [-0.05, 0) is 45.9 Å². The highest BCUT2D eigenvalue weighted by Crippen LogP contribution is 2.34. The van der Waals surface area contributed by atoms with Crippen LogP contribution in [-0.4, -0.2) is 86.4 Å². The number of carbonyl (C=O) groups is 1. The molecule has 11 heteroatoms. The number of hydrogen-bond donors (Lipinski definition) is 1. The van der Waals surface area contributed by atoms with Gasteiger partial charge in [-0.3, -0.25) is 10.00 Å². The largest absolute Gasteiger partial charge is 0.492 e. The Morgan fingerprint density at radius 3 is 2.65 bits per heavy atom. The van der Waals surface area contributed by atoms with E-state index in [2.05, 4.69) is 26.3 Å². The topological polar surface area (TPSA) is 110 Å². The summed E-state index contributed by atoms with van der Waals surface area (Å²) in [6, 6.07) is 5.94. The van der Waals surface area contributed by atoms with Crippen LogP contribution in [0.25, 0.3) is 27.7 Å². The van der Waals surface area contributed by atoms with E-state index < -0.39 is 5.60 Å². The molecular formula is C26H31N7O4. The number of piperazine rings is 1. The number of amides is 1. The minimum absolute atomic E-state index is 0.0903. The van der Waals surface area contributed by atoms with Crippen LogP contribution in [0.2, 0.25) is 0 Å². The Balaban J connectivity index is 1.28. The van der Waals surface area contributed by atoms with Crippen LogP contribution >= 0.6 is 0 Å². The molecule has 37 heavy (non-hydrogen) atoms. The third kappa shape index (κ3) is 4.33. The Labute approximate surface area is 214 Å². The first kappa shape index (κ1) is 23.5. The SMILES string of the molecule is CCOc1cc(-c2ccc(N3CC4COCC(C3)N4C(=O)OC(C)(C)C)nc2)c2c3cn[nH]c3nn2c1. The number of aromatic amines is 1. The van der Waals surface area contributed by atoms with Crippen LogP contribution in [0.5, 0.6) is 5.75 Å². The molecule has 4 aromatic heterocycles. The fraction of sp³-hybridized carbons (Fsp3) is 0.462. The van der Waals surface area contributed by atoms with Crippen LogP contribution in [0, 0.1) is 0 Å². The quantitative estimate of drug-likeness (QED) is 0.449. The summed E-state index contributed by atoms with van der Waals surface area (Å²) in [5, 5.41) is 12.6. The summed E-state index contributed by atoms with van der Waals surface area (Å²) in [7, 11) is 0. The Morgan fingerprint density at radius 1 is 1.19 bits per heavy atom. The standard InChI is InChI=1S/C26H31N7O4/c1-5-36-19-8-20(23-21-10-28-29-24(21)30-32(23)13-19)16-6-7-22(27-9-16)31-11-17-14-35-15-18(12-31)33(17)25(34)37-26(2,3)4/h6-10,13,17-18H,5,11-12,14-15H2,1-4H3,(H,29,30). The molecule has 0 saturated carbocycles. The van der Waals surface area contributed by atoms with Gasteiger partial charge in [0.15, 0.2) is 5.65 Å². The molecule has 2 aliphatic rings. The summed E-state index contributed by atoms with van der Waals surface area (Å²) < 4.78 is 19.1. The fourth-order valence-corrected chi connectivity index (χ4v) is 5.20. The minimum Gasteiger partial charge on any atom is -0.492 e. The van der Waals surface area contributed by atoms with Crippen LogP contribution in [0.3, 0.4) is 0 Å². The Morgan fingerprint density at radius 2 is 1.97 bits per heavy atom. The highest BCUT2D eigenvalue weighted by Gasteiger charge is 2.43. The van der Waals surface area contributed by atoms with Crippen LogP contribution in [0.1, 0.15) is 27.7 Å². The first-order valence-electron chi connectivity index (χ1n) is 12.6. The maximum absolute atomic E-state index is 12.9. The number of anilines is 1. The van der Waals surface area contributed by atoms with Gasteiger partial charge in [0.25, 0.3) is 0 Å². The number of aromatic nitrogens is 5. The lowest BCUT2D eigenvalue weighted by Gasteiger charge is -2.49. The average Bonchev–Trinajstić information content (AvgIpc) is 3.43. The van der Waals surface area contributed by atoms with Crippen molar-refractivity contribution in [2.24, 2.45) is 0 Å². The van der Waals surface area contributed by atoms with E-state index in [1.165, 1.54) is 0 Å². The van der Waals surface area contributed by atoms with Crippen molar-refractivity contribution in [2.45, 2.75) is 45.4 Å². The van der Waals surface area contributed by atoms with Crippen LogP contribution in [0.4, 0.5) is 10.6 Å². The average molecular weight is 506 g/mol. The van der Waals surface area contributed by atoms with Gasteiger partial charge in [0.2, 0.25) is 0 Å².